The van der Waals surface area contributed by atoms with Crippen LogP contribution >= 0.6 is 11.6 Å². The Hall–Kier alpha value is -1.17. The minimum Gasteiger partial charge on any atom is -0.508 e. The average Bonchev–Trinajstić information content (AvgIpc) is 2.20. The van der Waals surface area contributed by atoms with Crippen LogP contribution in [0.3, 0.4) is 0 Å². The van der Waals surface area contributed by atoms with E-state index in [1.807, 2.05) is 6.92 Å². The topological polar surface area (TPSA) is 32.3 Å². The lowest BCUT2D eigenvalue weighted by atomic mass is 10.1. The van der Waals surface area contributed by atoms with Crippen molar-refractivity contribution in [3.8, 4) is 18.1 Å². The van der Waals surface area contributed by atoms with Crippen molar-refractivity contribution in [1.82, 2.24) is 5.32 Å². The zero-order valence-corrected chi connectivity index (χ0v) is 9.38. The normalized spacial score (nSPS) is 12.1. The van der Waals surface area contributed by atoms with Crippen LogP contribution in [0.4, 0.5) is 0 Å². The minimum absolute atomic E-state index is 0.230. The fraction of sp³-hybridized carbons (Fsp3) is 0.333. The van der Waals surface area contributed by atoms with E-state index in [4.69, 9.17) is 18.0 Å². The molecule has 0 aromatic heterocycles. The molecule has 0 saturated carbocycles. The molecule has 0 aliphatic rings. The van der Waals surface area contributed by atoms with Crippen LogP contribution in [0.25, 0.3) is 0 Å². The Bertz CT molecular complexity index is 370. The monoisotopic (exact) mass is 223 g/mol. The van der Waals surface area contributed by atoms with Gasteiger partial charge in [-0.3, -0.25) is 0 Å². The van der Waals surface area contributed by atoms with Gasteiger partial charge in [0.1, 0.15) is 5.75 Å². The van der Waals surface area contributed by atoms with E-state index in [0.717, 1.165) is 5.56 Å². The molecule has 0 aliphatic carbocycles. The van der Waals surface area contributed by atoms with Crippen molar-refractivity contribution >= 4 is 11.6 Å². The van der Waals surface area contributed by atoms with Gasteiger partial charge in [-0.25, -0.2) is 0 Å². The Morgan fingerprint density at radius 3 is 3.00 bits per heavy atom. The first kappa shape index (κ1) is 11.9. The third-order valence-corrected chi connectivity index (χ3v) is 2.34. The first-order valence-electron chi connectivity index (χ1n) is 4.77. The van der Waals surface area contributed by atoms with Crippen molar-refractivity contribution in [2.45, 2.75) is 25.9 Å². The Kier molecular flexibility index (Phi) is 4.48. The van der Waals surface area contributed by atoms with Crippen LogP contribution in [0, 0.1) is 12.3 Å². The predicted octanol–water partition coefficient (Wildman–Crippen LogP) is 2.55. The quantitative estimate of drug-likeness (QED) is 0.769. The third kappa shape index (κ3) is 3.83. The van der Waals surface area contributed by atoms with E-state index < -0.39 is 0 Å². The van der Waals surface area contributed by atoms with Gasteiger partial charge < -0.3 is 10.4 Å². The van der Waals surface area contributed by atoms with Gasteiger partial charge in [-0.05, 0) is 25.1 Å². The number of phenols is 1. The number of hydrogen-bond acceptors (Lipinski definition) is 2. The maximum atomic E-state index is 9.54. The Balaban J connectivity index is 2.57. The Morgan fingerprint density at radius 1 is 1.60 bits per heavy atom. The second-order valence-corrected chi connectivity index (χ2v) is 3.90. The van der Waals surface area contributed by atoms with Crippen LogP contribution in [0.2, 0.25) is 5.02 Å². The van der Waals surface area contributed by atoms with Gasteiger partial charge in [0, 0.05) is 29.6 Å². The summed E-state index contributed by atoms with van der Waals surface area (Å²) in [5, 5.41) is 13.4. The molecule has 1 rings (SSSR count). The van der Waals surface area contributed by atoms with Gasteiger partial charge in [0.05, 0.1) is 0 Å². The molecule has 80 valence electrons. The number of nitrogens with one attached hydrogen (secondary N) is 1. The molecule has 0 radical (unpaired) electrons. The molecule has 0 heterocycles. The summed E-state index contributed by atoms with van der Waals surface area (Å²) in [7, 11) is 0. The summed E-state index contributed by atoms with van der Waals surface area (Å²) >= 11 is 5.82. The molecule has 0 spiro atoms. The summed E-state index contributed by atoms with van der Waals surface area (Å²) in [4.78, 5) is 0. The highest BCUT2D eigenvalue weighted by Gasteiger charge is 2.04. The molecule has 0 aliphatic heterocycles. The van der Waals surface area contributed by atoms with Crippen molar-refractivity contribution in [2.75, 3.05) is 0 Å². The largest absolute Gasteiger partial charge is 0.508 e. The molecule has 1 aromatic carbocycles. The van der Waals surface area contributed by atoms with Gasteiger partial charge in [-0.1, -0.05) is 11.6 Å². The van der Waals surface area contributed by atoms with Crippen LogP contribution in [0.15, 0.2) is 18.2 Å². The van der Waals surface area contributed by atoms with E-state index in [-0.39, 0.29) is 11.8 Å². The van der Waals surface area contributed by atoms with Crippen molar-refractivity contribution in [3.63, 3.8) is 0 Å². The first-order chi connectivity index (χ1) is 7.13. The van der Waals surface area contributed by atoms with Crippen LogP contribution < -0.4 is 5.32 Å². The maximum Gasteiger partial charge on any atom is 0.120 e. The lowest BCUT2D eigenvalue weighted by molar-refractivity contribution is 0.459. The number of aromatic hydroxyl groups is 1. The molecule has 1 aromatic rings. The van der Waals surface area contributed by atoms with Gasteiger partial charge in [0.2, 0.25) is 0 Å². The van der Waals surface area contributed by atoms with Crippen LogP contribution in [0.5, 0.6) is 5.75 Å². The summed E-state index contributed by atoms with van der Waals surface area (Å²) in [5.74, 6) is 2.83. The van der Waals surface area contributed by atoms with Gasteiger partial charge >= 0.3 is 0 Å². The van der Waals surface area contributed by atoms with Crippen LogP contribution in [0.1, 0.15) is 18.9 Å². The maximum absolute atomic E-state index is 9.54. The molecular formula is C12H14ClNO. The Labute approximate surface area is 95.3 Å². The summed E-state index contributed by atoms with van der Waals surface area (Å²) in [6, 6.07) is 5.22. The van der Waals surface area contributed by atoms with Crippen molar-refractivity contribution in [1.29, 1.82) is 0 Å². The zero-order valence-electron chi connectivity index (χ0n) is 8.63. The molecule has 3 heteroatoms. The summed E-state index contributed by atoms with van der Waals surface area (Å²) < 4.78 is 0. The van der Waals surface area contributed by atoms with E-state index in [1.165, 1.54) is 0 Å². The van der Waals surface area contributed by atoms with E-state index in [1.54, 1.807) is 18.2 Å². The van der Waals surface area contributed by atoms with E-state index in [0.29, 0.717) is 18.0 Å². The smallest absolute Gasteiger partial charge is 0.120 e. The van der Waals surface area contributed by atoms with Crippen molar-refractivity contribution in [3.05, 3.63) is 28.8 Å². The lowest BCUT2D eigenvalue weighted by Gasteiger charge is -2.11. The van der Waals surface area contributed by atoms with E-state index in [9.17, 15) is 5.11 Å². The average molecular weight is 224 g/mol. The Morgan fingerprint density at radius 2 is 2.33 bits per heavy atom. The third-order valence-electron chi connectivity index (χ3n) is 2.11. The zero-order chi connectivity index (χ0) is 11.3. The number of terminal acetylenes is 1. The minimum atomic E-state index is 0.230. The van der Waals surface area contributed by atoms with E-state index >= 15 is 0 Å². The van der Waals surface area contributed by atoms with Gasteiger partial charge in [0.15, 0.2) is 0 Å². The standard InChI is InChI=1S/C12H14ClNO/c1-3-4-9(2)14-8-10-7-11(13)5-6-12(10)15/h1,5-7,9,14-15H,4,8H2,2H3. The van der Waals surface area contributed by atoms with Crippen LogP contribution in [-0.2, 0) is 6.54 Å². The molecular weight excluding hydrogens is 210 g/mol. The van der Waals surface area contributed by atoms with Gasteiger partial charge in [-0.15, -0.1) is 12.3 Å². The van der Waals surface area contributed by atoms with Gasteiger partial charge in [-0.2, -0.15) is 0 Å². The fourth-order valence-corrected chi connectivity index (χ4v) is 1.42. The summed E-state index contributed by atoms with van der Waals surface area (Å²) in [6.07, 6.45) is 5.86. The molecule has 1 atom stereocenters. The summed E-state index contributed by atoms with van der Waals surface area (Å²) in [5.41, 5.74) is 0.784. The number of benzene rings is 1. The molecule has 0 fully saturated rings. The predicted molar refractivity (Wildman–Crippen MR) is 62.9 cm³/mol. The second-order valence-electron chi connectivity index (χ2n) is 3.46. The second kappa shape index (κ2) is 5.65. The molecule has 0 amide bonds. The highest BCUT2D eigenvalue weighted by Crippen LogP contribution is 2.21. The highest BCUT2D eigenvalue weighted by atomic mass is 35.5. The highest BCUT2D eigenvalue weighted by molar-refractivity contribution is 6.30. The van der Waals surface area contributed by atoms with Crippen LogP contribution in [-0.4, -0.2) is 11.1 Å². The lowest BCUT2D eigenvalue weighted by Crippen LogP contribution is -2.24. The van der Waals surface area contributed by atoms with Crippen molar-refractivity contribution < 1.29 is 5.11 Å². The molecule has 15 heavy (non-hydrogen) atoms. The molecule has 0 bridgehead atoms. The molecule has 1 unspecified atom stereocenters. The number of halogens is 1. The molecule has 0 saturated heterocycles. The first-order valence-corrected chi connectivity index (χ1v) is 5.15. The molecule has 2 nitrogen and oxygen atoms in total. The number of phenolic OH excluding ortho intramolecular Hbond substituents is 1. The fourth-order valence-electron chi connectivity index (χ4n) is 1.23. The van der Waals surface area contributed by atoms with Crippen molar-refractivity contribution in [2.24, 2.45) is 0 Å². The SMILES string of the molecule is C#CCC(C)NCc1cc(Cl)ccc1O. The van der Waals surface area contributed by atoms with E-state index in [2.05, 4.69) is 11.2 Å². The summed E-state index contributed by atoms with van der Waals surface area (Å²) in [6.45, 7) is 2.57. The van der Waals surface area contributed by atoms with Gasteiger partial charge in [0.25, 0.3) is 0 Å². The number of hydrogen-bond donors (Lipinski definition) is 2. The number of rotatable bonds is 4. The molecule has 2 N–H and O–H groups in total.